The highest BCUT2D eigenvalue weighted by molar-refractivity contribution is 6.30. The molecule has 222 valence electrons. The third kappa shape index (κ3) is 5.74. The average molecular weight is 595 g/mol. The fraction of sp³-hybridized carbons (Fsp3) is 0.448. The quantitative estimate of drug-likeness (QED) is 0.372. The van der Waals surface area contributed by atoms with E-state index in [1.165, 1.54) is 11.1 Å². The number of amides is 2. The molecule has 3 aliphatic rings. The van der Waals surface area contributed by atoms with Gasteiger partial charge in [0.1, 0.15) is 22.8 Å². The molecule has 42 heavy (non-hydrogen) atoms. The second kappa shape index (κ2) is 11.8. The molecule has 0 unspecified atom stereocenters. The normalized spacial score (nSPS) is 19.5. The smallest absolute Gasteiger partial charge is 0.407 e. The van der Waals surface area contributed by atoms with Gasteiger partial charge in [-0.05, 0) is 56.0 Å². The molecule has 12 nitrogen and oxygen atoms in total. The molecule has 0 saturated carbocycles. The lowest BCUT2D eigenvalue weighted by Gasteiger charge is -2.48. The van der Waals surface area contributed by atoms with Gasteiger partial charge < -0.3 is 31.1 Å². The van der Waals surface area contributed by atoms with E-state index in [4.69, 9.17) is 38.0 Å². The van der Waals surface area contributed by atoms with E-state index < -0.39 is 12.0 Å². The van der Waals surface area contributed by atoms with E-state index in [2.05, 4.69) is 14.8 Å². The van der Waals surface area contributed by atoms with Gasteiger partial charge in [0.25, 0.3) is 5.91 Å². The van der Waals surface area contributed by atoms with Gasteiger partial charge in [0.15, 0.2) is 0 Å². The number of halogens is 1. The second-order valence-electron chi connectivity index (χ2n) is 11.2. The SMILES string of the molecule is NC(=O)c1c(-c2ccc(Oc3ccc(Cl)cn3)cc2)nn(C2CCN(C3CCN(C4CN(C(=O)O)C4)CC3)CC2)c1N. The number of carboxylic acid groups (broad SMARTS) is 1. The molecule has 0 aliphatic carbocycles. The van der Waals surface area contributed by atoms with Gasteiger partial charge in [-0.2, -0.15) is 5.10 Å². The molecule has 13 heteroatoms. The Labute approximate surface area is 248 Å². The van der Waals surface area contributed by atoms with Gasteiger partial charge in [0.05, 0.1) is 11.1 Å². The first kappa shape index (κ1) is 28.3. The van der Waals surface area contributed by atoms with Gasteiger partial charge >= 0.3 is 6.09 Å². The number of aromatic nitrogens is 3. The highest BCUT2D eigenvalue weighted by atomic mass is 35.5. The van der Waals surface area contributed by atoms with Crippen molar-refractivity contribution in [3.8, 4) is 22.9 Å². The van der Waals surface area contributed by atoms with Crippen molar-refractivity contribution in [2.24, 2.45) is 5.73 Å². The fourth-order valence-corrected chi connectivity index (χ4v) is 6.46. The maximum atomic E-state index is 12.5. The summed E-state index contributed by atoms with van der Waals surface area (Å²) in [6, 6.07) is 11.5. The maximum Gasteiger partial charge on any atom is 0.407 e. The number of hydrogen-bond acceptors (Lipinski definition) is 8. The summed E-state index contributed by atoms with van der Waals surface area (Å²) in [6.07, 6.45) is 4.61. The molecule has 2 aromatic heterocycles. The average Bonchev–Trinajstić information content (AvgIpc) is 3.31. The minimum absolute atomic E-state index is 0.0729. The molecule has 1 aromatic carbocycles. The number of hydrogen-bond donors (Lipinski definition) is 3. The molecule has 6 rings (SSSR count). The lowest BCUT2D eigenvalue weighted by Crippen LogP contribution is -2.62. The number of carbonyl (C=O) groups is 2. The standard InChI is InChI=1S/C29H35ClN8O4/c30-19-3-6-24(33-15-19)42-23-4-1-18(2-5-23)26-25(28(32)39)27(31)38(34-26)21-9-13-35(14-10-21)20-7-11-36(12-8-20)22-16-37(17-22)29(40)41/h1-6,15,20-22H,7-14,16-17,31H2,(H2,32,39)(H,40,41). The zero-order valence-electron chi connectivity index (χ0n) is 23.2. The van der Waals surface area contributed by atoms with E-state index in [1.807, 2.05) is 12.1 Å². The topological polar surface area (TPSA) is 156 Å². The van der Waals surface area contributed by atoms with Gasteiger partial charge in [0.2, 0.25) is 5.88 Å². The predicted molar refractivity (Wildman–Crippen MR) is 158 cm³/mol. The molecule has 0 bridgehead atoms. The number of nitrogens with zero attached hydrogens (tertiary/aromatic N) is 6. The molecule has 5 heterocycles. The van der Waals surface area contributed by atoms with Crippen LogP contribution in [0.3, 0.4) is 0 Å². The Morgan fingerprint density at radius 3 is 2.10 bits per heavy atom. The van der Waals surface area contributed by atoms with Crippen LogP contribution in [0.25, 0.3) is 11.3 Å². The molecule has 3 aliphatic heterocycles. The predicted octanol–water partition coefficient (Wildman–Crippen LogP) is 3.54. The van der Waals surface area contributed by atoms with Crippen LogP contribution in [0.15, 0.2) is 42.6 Å². The van der Waals surface area contributed by atoms with Crippen molar-refractivity contribution in [3.05, 3.63) is 53.2 Å². The summed E-state index contributed by atoms with van der Waals surface area (Å²) in [6.45, 7) is 5.09. The van der Waals surface area contributed by atoms with E-state index in [0.29, 0.717) is 58.9 Å². The van der Waals surface area contributed by atoms with E-state index >= 15 is 0 Å². The minimum Gasteiger partial charge on any atom is -0.465 e. The van der Waals surface area contributed by atoms with Gasteiger partial charge in [-0.15, -0.1) is 0 Å². The molecule has 5 N–H and O–H groups in total. The van der Waals surface area contributed by atoms with Crippen molar-refractivity contribution < 1.29 is 19.4 Å². The largest absolute Gasteiger partial charge is 0.465 e. The third-order valence-electron chi connectivity index (χ3n) is 8.75. The number of rotatable bonds is 7. The number of nitrogens with two attached hydrogens (primary N) is 2. The summed E-state index contributed by atoms with van der Waals surface area (Å²) >= 11 is 5.89. The number of anilines is 1. The third-order valence-corrected chi connectivity index (χ3v) is 8.98. The van der Waals surface area contributed by atoms with Crippen LogP contribution in [0.2, 0.25) is 5.02 Å². The first-order chi connectivity index (χ1) is 20.3. The molecule has 0 spiro atoms. The van der Waals surface area contributed by atoms with Crippen molar-refractivity contribution in [2.45, 2.75) is 43.8 Å². The molecular formula is C29H35ClN8O4. The molecule has 3 aromatic rings. The number of primary amides is 1. The van der Waals surface area contributed by atoms with Gasteiger partial charge in [-0.3, -0.25) is 9.69 Å². The number of benzene rings is 1. The van der Waals surface area contributed by atoms with Crippen LogP contribution in [0, 0.1) is 0 Å². The molecular weight excluding hydrogens is 560 g/mol. The second-order valence-corrected chi connectivity index (χ2v) is 11.7. The number of pyridine rings is 1. The molecule has 0 radical (unpaired) electrons. The molecule has 2 amide bonds. The first-order valence-electron chi connectivity index (χ1n) is 14.3. The minimum atomic E-state index is -0.826. The van der Waals surface area contributed by atoms with E-state index in [0.717, 1.165) is 51.9 Å². The van der Waals surface area contributed by atoms with Crippen LogP contribution >= 0.6 is 11.6 Å². The zero-order chi connectivity index (χ0) is 29.4. The van der Waals surface area contributed by atoms with Crippen LogP contribution in [-0.4, -0.2) is 97.9 Å². The Morgan fingerprint density at radius 1 is 0.905 bits per heavy atom. The number of carbonyl (C=O) groups excluding carboxylic acids is 1. The lowest BCUT2D eigenvalue weighted by atomic mass is 9.96. The summed E-state index contributed by atoms with van der Waals surface area (Å²) in [4.78, 5) is 34.1. The fourth-order valence-electron chi connectivity index (χ4n) is 6.35. The Balaban J connectivity index is 1.08. The van der Waals surface area contributed by atoms with Crippen molar-refractivity contribution in [2.75, 3.05) is 45.0 Å². The summed E-state index contributed by atoms with van der Waals surface area (Å²) in [7, 11) is 0. The Bertz CT molecular complexity index is 1430. The zero-order valence-corrected chi connectivity index (χ0v) is 24.0. The van der Waals surface area contributed by atoms with E-state index in [9.17, 15) is 9.59 Å². The first-order valence-corrected chi connectivity index (χ1v) is 14.7. The Kier molecular flexibility index (Phi) is 7.93. The summed E-state index contributed by atoms with van der Waals surface area (Å²) < 4.78 is 7.56. The highest BCUT2D eigenvalue weighted by Crippen LogP contribution is 2.35. The molecule has 3 saturated heterocycles. The number of ether oxygens (including phenoxy) is 1. The lowest BCUT2D eigenvalue weighted by molar-refractivity contribution is 0.00574. The number of likely N-dealkylation sites (tertiary alicyclic amines) is 3. The highest BCUT2D eigenvalue weighted by Gasteiger charge is 2.38. The monoisotopic (exact) mass is 594 g/mol. The number of nitrogen functional groups attached to an aromatic ring is 1. The summed E-state index contributed by atoms with van der Waals surface area (Å²) in [5, 5.41) is 14.4. The van der Waals surface area contributed by atoms with Crippen molar-refractivity contribution in [1.29, 1.82) is 0 Å². The van der Waals surface area contributed by atoms with E-state index in [1.54, 1.807) is 28.9 Å². The van der Waals surface area contributed by atoms with Crippen molar-refractivity contribution in [3.63, 3.8) is 0 Å². The van der Waals surface area contributed by atoms with Crippen molar-refractivity contribution in [1.82, 2.24) is 29.5 Å². The van der Waals surface area contributed by atoms with Crippen molar-refractivity contribution >= 4 is 29.4 Å². The van der Waals surface area contributed by atoms with Gasteiger partial charge in [0, 0.05) is 69.2 Å². The van der Waals surface area contributed by atoms with Crippen LogP contribution in [0.5, 0.6) is 11.6 Å². The van der Waals surface area contributed by atoms with Crippen LogP contribution < -0.4 is 16.2 Å². The summed E-state index contributed by atoms with van der Waals surface area (Å²) in [5.41, 5.74) is 13.7. The van der Waals surface area contributed by atoms with Crippen LogP contribution in [0.1, 0.15) is 42.1 Å². The molecule has 3 fully saturated rings. The van der Waals surface area contributed by atoms with E-state index in [-0.39, 0.29) is 11.6 Å². The van der Waals surface area contributed by atoms with Crippen LogP contribution in [-0.2, 0) is 0 Å². The van der Waals surface area contributed by atoms with Crippen LogP contribution in [0.4, 0.5) is 10.6 Å². The number of piperidine rings is 2. The Morgan fingerprint density at radius 2 is 1.52 bits per heavy atom. The van der Waals surface area contributed by atoms with Gasteiger partial charge in [-0.25, -0.2) is 14.5 Å². The van der Waals surface area contributed by atoms with Gasteiger partial charge in [-0.1, -0.05) is 11.6 Å². The Hall–Kier alpha value is -3.87. The maximum absolute atomic E-state index is 12.5. The summed E-state index contributed by atoms with van der Waals surface area (Å²) in [5.74, 6) is 0.683. The molecule has 0 atom stereocenters.